The van der Waals surface area contributed by atoms with Gasteiger partial charge >= 0.3 is 13.4 Å². The Morgan fingerprint density at radius 3 is 1.96 bits per heavy atom. The molecule has 9 rings (SSSR count). The molecule has 0 saturated heterocycles. The maximum Gasteiger partial charge on any atom is 0.302 e. The molecule has 0 saturated carbocycles. The van der Waals surface area contributed by atoms with Gasteiger partial charge in [-0.3, -0.25) is 4.79 Å². The fourth-order valence-electron chi connectivity index (χ4n) is 9.69. The Hall–Kier alpha value is -5.42. The summed E-state index contributed by atoms with van der Waals surface area (Å²) in [5.74, 6) is 14.0. The molecule has 7 heteroatoms. The topological polar surface area (TPSA) is 76.9 Å². The summed E-state index contributed by atoms with van der Waals surface area (Å²) < 4.78 is 3.52. The van der Waals surface area contributed by atoms with E-state index in [-0.39, 0.29) is 25.0 Å². The lowest BCUT2D eigenvalue weighted by Gasteiger charge is -2.41. The number of carbonyl (C=O) groups excluding carboxylic acids is 1. The highest BCUT2D eigenvalue weighted by Crippen LogP contribution is 2.56. The number of pyridine rings is 2. The first kappa shape index (κ1) is 29.7. The van der Waals surface area contributed by atoms with Crippen LogP contribution in [0.4, 0.5) is 0 Å². The van der Waals surface area contributed by atoms with E-state index >= 15 is 0 Å². The molecule has 1 spiro atoms. The van der Waals surface area contributed by atoms with Crippen LogP contribution in [-0.2, 0) is 11.8 Å². The maximum absolute atomic E-state index is 13.6. The predicted octanol–water partition coefficient (Wildman–Crippen LogP) is 3.17. The zero-order chi connectivity index (χ0) is 33.6. The first-order valence-electron chi connectivity index (χ1n) is 17.4. The van der Waals surface area contributed by atoms with Crippen LogP contribution in [0.15, 0.2) is 128 Å². The summed E-state index contributed by atoms with van der Waals surface area (Å²) in [6.45, 7) is 7.04. The van der Waals surface area contributed by atoms with Gasteiger partial charge in [0.05, 0.1) is 11.0 Å². The second kappa shape index (κ2) is 10.8. The SMILES string of the molecule is CC(C)B1c2ccccc2C2(c3ccccc3-c3cc(CC(C)B4c5ccccc5C(=O)c5ccc[n+](N)c54)ccc32)c2ccc[n+](N)c21. The zero-order valence-corrected chi connectivity index (χ0v) is 28.1. The van der Waals surface area contributed by atoms with Crippen LogP contribution in [-0.4, -0.2) is 19.2 Å². The van der Waals surface area contributed by atoms with Crippen molar-refractivity contribution >= 4 is 41.3 Å². The van der Waals surface area contributed by atoms with Crippen molar-refractivity contribution in [2.24, 2.45) is 0 Å². The maximum atomic E-state index is 13.6. The highest BCUT2D eigenvalue weighted by atomic mass is 16.1. The van der Waals surface area contributed by atoms with Crippen LogP contribution in [0, 0.1) is 0 Å². The molecule has 4 N–H and O–H groups in total. The van der Waals surface area contributed by atoms with E-state index in [9.17, 15) is 4.79 Å². The van der Waals surface area contributed by atoms with Gasteiger partial charge in [0.1, 0.15) is 0 Å². The molecule has 2 atom stereocenters. The number of hydrogen-bond donors (Lipinski definition) is 2. The van der Waals surface area contributed by atoms with E-state index in [0.717, 1.165) is 23.0 Å². The molecule has 4 aromatic carbocycles. The molecule has 0 radical (unpaired) electrons. The van der Waals surface area contributed by atoms with Gasteiger partial charge in [-0.2, -0.15) is 0 Å². The van der Waals surface area contributed by atoms with E-state index < -0.39 is 5.41 Å². The Kier molecular flexibility index (Phi) is 6.54. The number of fused-ring (bicyclic) bond motifs is 11. The van der Waals surface area contributed by atoms with E-state index in [1.165, 1.54) is 50.0 Å². The summed E-state index contributed by atoms with van der Waals surface area (Å²) in [7, 11) is 0. The lowest BCUT2D eigenvalue weighted by molar-refractivity contribution is -0.621. The molecule has 0 fully saturated rings. The minimum atomic E-state index is -0.484. The number of carbonyl (C=O) groups is 1. The third-order valence-corrected chi connectivity index (χ3v) is 11.5. The Morgan fingerprint density at radius 1 is 0.592 bits per heavy atom. The molecular weight excluding hydrogens is 598 g/mol. The van der Waals surface area contributed by atoms with Gasteiger partial charge in [0, 0.05) is 23.3 Å². The average molecular weight is 636 g/mol. The zero-order valence-electron chi connectivity index (χ0n) is 28.1. The Bertz CT molecular complexity index is 2350. The van der Waals surface area contributed by atoms with Gasteiger partial charge in [0.2, 0.25) is 0 Å². The number of aromatic nitrogens is 2. The van der Waals surface area contributed by atoms with Gasteiger partial charge in [0.25, 0.3) is 0 Å². The summed E-state index contributed by atoms with van der Waals surface area (Å²) in [5.41, 5.74) is 14.4. The van der Waals surface area contributed by atoms with Crippen molar-refractivity contribution in [2.45, 2.75) is 44.2 Å². The highest BCUT2D eigenvalue weighted by molar-refractivity contribution is 6.88. The van der Waals surface area contributed by atoms with Crippen LogP contribution in [0.5, 0.6) is 0 Å². The molecule has 0 amide bonds. The van der Waals surface area contributed by atoms with Gasteiger partial charge in [-0.1, -0.05) is 138 Å². The van der Waals surface area contributed by atoms with E-state index in [1.54, 1.807) is 4.68 Å². The van der Waals surface area contributed by atoms with Gasteiger partial charge in [-0.05, 0) is 57.8 Å². The smallest absolute Gasteiger partial charge is 0.288 e. The fourth-order valence-corrected chi connectivity index (χ4v) is 9.69. The normalized spacial score (nSPS) is 17.3. The van der Waals surface area contributed by atoms with Crippen molar-refractivity contribution in [2.75, 3.05) is 11.7 Å². The molecule has 6 aromatic rings. The van der Waals surface area contributed by atoms with Crippen LogP contribution in [0.1, 0.15) is 64.5 Å². The molecule has 236 valence electrons. The summed E-state index contributed by atoms with van der Waals surface area (Å²) in [5, 5.41) is 0. The lowest BCUT2D eigenvalue weighted by Crippen LogP contribution is -2.72. The van der Waals surface area contributed by atoms with Crippen molar-refractivity contribution in [3.63, 3.8) is 0 Å². The van der Waals surface area contributed by atoms with Crippen LogP contribution >= 0.6 is 0 Å². The summed E-state index contributed by atoms with van der Waals surface area (Å²) in [4.78, 5) is 13.6. The summed E-state index contributed by atoms with van der Waals surface area (Å²) in [6.07, 6.45) is 4.66. The first-order chi connectivity index (χ1) is 23.8. The molecule has 0 bridgehead atoms. The largest absolute Gasteiger partial charge is 0.302 e. The Balaban J connectivity index is 1.22. The first-order valence-corrected chi connectivity index (χ1v) is 17.4. The van der Waals surface area contributed by atoms with Gasteiger partial charge in [0.15, 0.2) is 29.4 Å². The predicted molar refractivity (Wildman–Crippen MR) is 199 cm³/mol. The Labute approximate surface area is 288 Å². The van der Waals surface area contributed by atoms with Crippen molar-refractivity contribution in [3.8, 4) is 11.1 Å². The van der Waals surface area contributed by atoms with Crippen molar-refractivity contribution in [1.29, 1.82) is 0 Å². The van der Waals surface area contributed by atoms with Crippen LogP contribution < -0.4 is 43.1 Å². The molecule has 4 heterocycles. The second-order valence-electron chi connectivity index (χ2n) is 14.5. The minimum absolute atomic E-state index is 0.0213. The fraction of sp³-hybridized carbons (Fsp3) is 0.167. The van der Waals surface area contributed by atoms with Crippen LogP contribution in [0.3, 0.4) is 0 Å². The molecule has 3 aliphatic rings. The third kappa shape index (κ3) is 3.99. The minimum Gasteiger partial charge on any atom is -0.288 e. The number of nitrogens with zero attached hydrogens (tertiary/aromatic N) is 2. The van der Waals surface area contributed by atoms with E-state index in [2.05, 4.69) is 106 Å². The molecule has 2 unspecified atom stereocenters. The average Bonchev–Trinajstić information content (AvgIpc) is 3.39. The van der Waals surface area contributed by atoms with Crippen LogP contribution in [0.2, 0.25) is 11.6 Å². The molecule has 5 nitrogen and oxygen atoms in total. The number of rotatable bonds is 4. The third-order valence-electron chi connectivity index (χ3n) is 11.5. The quantitative estimate of drug-likeness (QED) is 0.177. The molecule has 2 aromatic heterocycles. The standard InChI is InChI=1S/C42H38B2N4O/c1-26(2)43-38-19-9-7-16-35(38)42(36-17-11-23-48(46)41(36)43)33-15-6-4-12-29(33)32-25-28(20-21-34(32)42)24-27(3)44-37-18-8-5-13-30(37)39(49)31-14-10-22-47(45)40(31)44/h4-23,25-27H,24,45-46H2,1-3H3/q+2. The second-order valence-corrected chi connectivity index (χ2v) is 14.5. The van der Waals surface area contributed by atoms with E-state index in [0.29, 0.717) is 11.4 Å². The highest BCUT2D eigenvalue weighted by Gasteiger charge is 2.56. The van der Waals surface area contributed by atoms with Gasteiger partial charge < -0.3 is 0 Å². The van der Waals surface area contributed by atoms with E-state index in [4.69, 9.17) is 11.7 Å². The molecule has 2 aliphatic heterocycles. The van der Waals surface area contributed by atoms with Gasteiger partial charge in [-0.15, -0.1) is 0 Å². The van der Waals surface area contributed by atoms with Crippen molar-refractivity contribution in [1.82, 2.24) is 0 Å². The monoisotopic (exact) mass is 636 g/mol. The van der Waals surface area contributed by atoms with Crippen molar-refractivity contribution < 1.29 is 14.1 Å². The van der Waals surface area contributed by atoms with Crippen LogP contribution in [0.25, 0.3) is 11.1 Å². The number of benzene rings is 4. The molecule has 49 heavy (non-hydrogen) atoms. The van der Waals surface area contributed by atoms with E-state index in [1.807, 2.05) is 47.4 Å². The van der Waals surface area contributed by atoms with Gasteiger partial charge in [-0.25, -0.2) is 11.7 Å². The molecular formula is C42H38B2N4O+2. The Morgan fingerprint density at radius 2 is 1.18 bits per heavy atom. The number of hydrogen-bond acceptors (Lipinski definition) is 3. The number of ketones is 1. The number of nitrogens with two attached hydrogens (primary N) is 2. The van der Waals surface area contributed by atoms with Crippen molar-refractivity contribution in [3.05, 3.63) is 167 Å². The molecule has 1 aliphatic carbocycles. The summed E-state index contributed by atoms with van der Waals surface area (Å²) in [6, 6.07) is 41.2. The summed E-state index contributed by atoms with van der Waals surface area (Å²) >= 11 is 0. The lowest BCUT2D eigenvalue weighted by atomic mass is 9.30. The number of nitrogen functional groups attached to an aromatic ring is 2.